The van der Waals surface area contributed by atoms with Gasteiger partial charge in [-0.15, -0.1) is 0 Å². The van der Waals surface area contributed by atoms with Gasteiger partial charge in [-0.25, -0.2) is 9.18 Å². The van der Waals surface area contributed by atoms with Gasteiger partial charge in [-0.1, -0.05) is 24.6 Å². The van der Waals surface area contributed by atoms with Crippen molar-refractivity contribution < 1.29 is 18.8 Å². The monoisotopic (exact) mass is 407 g/mol. The van der Waals surface area contributed by atoms with Crippen molar-refractivity contribution in [3.8, 4) is 0 Å². The number of carbonyl (C=O) groups is 3. The molecule has 1 aromatic rings. The minimum absolute atomic E-state index is 0.0832. The predicted octanol–water partition coefficient (Wildman–Crippen LogP) is 2.74. The van der Waals surface area contributed by atoms with Gasteiger partial charge in [-0.2, -0.15) is 0 Å². The number of amides is 4. The molecule has 6 nitrogen and oxygen atoms in total. The minimum Gasteiger partial charge on any atom is -0.342 e. The fourth-order valence-electron chi connectivity index (χ4n) is 4.56. The molecule has 2 N–H and O–H groups in total. The first-order chi connectivity index (χ1) is 13.3. The molecule has 0 aromatic heterocycles. The van der Waals surface area contributed by atoms with Crippen LogP contribution in [0.25, 0.3) is 0 Å². The van der Waals surface area contributed by atoms with E-state index < -0.39 is 17.4 Å². The average molecular weight is 408 g/mol. The van der Waals surface area contributed by atoms with E-state index in [9.17, 15) is 18.8 Å². The summed E-state index contributed by atoms with van der Waals surface area (Å²) in [6.45, 7) is 2.78. The Kier molecular flexibility index (Phi) is 4.81. The largest absolute Gasteiger partial charge is 0.342 e. The van der Waals surface area contributed by atoms with Crippen molar-refractivity contribution in [2.75, 3.05) is 13.1 Å². The van der Waals surface area contributed by atoms with Crippen LogP contribution in [0.1, 0.15) is 49.7 Å². The van der Waals surface area contributed by atoms with Gasteiger partial charge >= 0.3 is 6.03 Å². The van der Waals surface area contributed by atoms with E-state index >= 15 is 0 Å². The van der Waals surface area contributed by atoms with Gasteiger partial charge in [0.1, 0.15) is 11.4 Å². The molecule has 2 fully saturated rings. The van der Waals surface area contributed by atoms with Crippen LogP contribution in [0.15, 0.2) is 12.1 Å². The van der Waals surface area contributed by atoms with Crippen LogP contribution in [-0.4, -0.2) is 41.4 Å². The number of fused-ring (bicyclic) bond motifs is 1. The summed E-state index contributed by atoms with van der Waals surface area (Å²) in [5.41, 5.74) is 0.494. The van der Waals surface area contributed by atoms with Crippen LogP contribution in [0, 0.1) is 11.7 Å². The van der Waals surface area contributed by atoms with Crippen molar-refractivity contribution in [3.05, 3.63) is 34.1 Å². The van der Waals surface area contributed by atoms with E-state index in [-0.39, 0.29) is 41.5 Å². The lowest BCUT2D eigenvalue weighted by molar-refractivity contribution is -0.132. The zero-order valence-electron chi connectivity index (χ0n) is 15.7. The Morgan fingerprint density at radius 2 is 2.11 bits per heavy atom. The van der Waals surface area contributed by atoms with E-state index in [1.165, 1.54) is 0 Å². The van der Waals surface area contributed by atoms with Crippen LogP contribution in [0.5, 0.6) is 0 Å². The second kappa shape index (κ2) is 7.03. The third kappa shape index (κ3) is 3.26. The number of nitrogens with zero attached hydrogens (tertiary/aromatic N) is 1. The first-order valence-corrected chi connectivity index (χ1v) is 10.1. The number of carbonyl (C=O) groups excluding carboxylic acids is 3. The normalized spacial score (nSPS) is 27.1. The Labute approximate surface area is 167 Å². The second-order valence-electron chi connectivity index (χ2n) is 8.08. The standard InChI is InChI=1S/C20H23ClFN3O3/c1-11-10-25(9-7-12-2-5-14(21)17(22)16(11)12)15(26)6-8-20(13-3-4-13)18(27)23-19(28)24-20/h2,5,11,13H,3-4,6-10H2,1H3,(H2,23,24,27,28). The molecule has 0 bridgehead atoms. The molecule has 4 rings (SSSR count). The van der Waals surface area contributed by atoms with Crippen LogP contribution < -0.4 is 10.6 Å². The van der Waals surface area contributed by atoms with Gasteiger partial charge in [0.15, 0.2) is 0 Å². The van der Waals surface area contributed by atoms with Crippen molar-refractivity contribution >= 4 is 29.4 Å². The molecule has 2 heterocycles. The van der Waals surface area contributed by atoms with Crippen molar-refractivity contribution in [2.24, 2.45) is 5.92 Å². The zero-order chi connectivity index (χ0) is 20.1. The van der Waals surface area contributed by atoms with Gasteiger partial charge in [-0.3, -0.25) is 14.9 Å². The summed E-state index contributed by atoms with van der Waals surface area (Å²) >= 11 is 5.93. The van der Waals surface area contributed by atoms with Crippen LogP contribution >= 0.6 is 11.6 Å². The third-order valence-electron chi connectivity index (χ3n) is 6.19. The lowest BCUT2D eigenvalue weighted by Crippen LogP contribution is -2.50. The van der Waals surface area contributed by atoms with Gasteiger partial charge in [-0.05, 0) is 48.8 Å². The number of hydrogen-bond donors (Lipinski definition) is 2. The Morgan fingerprint density at radius 1 is 1.36 bits per heavy atom. The van der Waals surface area contributed by atoms with Crippen molar-refractivity contribution in [1.82, 2.24) is 15.5 Å². The van der Waals surface area contributed by atoms with E-state index in [1.807, 2.05) is 13.0 Å². The summed E-state index contributed by atoms with van der Waals surface area (Å²) in [6.07, 6.45) is 2.75. The molecule has 4 amide bonds. The Bertz CT molecular complexity index is 857. The number of nitrogens with one attached hydrogen (secondary N) is 2. The number of imide groups is 1. The molecule has 0 spiro atoms. The summed E-state index contributed by atoms with van der Waals surface area (Å²) in [6, 6.07) is 2.89. The molecule has 1 aliphatic carbocycles. The van der Waals surface area contributed by atoms with E-state index in [0.717, 1.165) is 18.4 Å². The molecule has 0 radical (unpaired) electrons. The van der Waals surface area contributed by atoms with E-state index in [0.29, 0.717) is 25.1 Å². The molecule has 150 valence electrons. The molecular formula is C20H23ClFN3O3. The van der Waals surface area contributed by atoms with Crippen molar-refractivity contribution in [1.29, 1.82) is 0 Å². The highest BCUT2D eigenvalue weighted by atomic mass is 35.5. The van der Waals surface area contributed by atoms with Crippen LogP contribution in [0.2, 0.25) is 5.02 Å². The quantitative estimate of drug-likeness (QED) is 0.753. The molecule has 3 aliphatic rings. The Hall–Kier alpha value is -2.15. The third-order valence-corrected chi connectivity index (χ3v) is 6.48. The number of hydrogen-bond acceptors (Lipinski definition) is 3. The molecule has 2 unspecified atom stereocenters. The molecule has 8 heteroatoms. The first kappa shape index (κ1) is 19.2. The van der Waals surface area contributed by atoms with E-state index in [4.69, 9.17) is 11.6 Å². The van der Waals surface area contributed by atoms with Gasteiger partial charge in [0.2, 0.25) is 5.91 Å². The number of benzene rings is 1. The van der Waals surface area contributed by atoms with Gasteiger partial charge in [0, 0.05) is 25.4 Å². The molecule has 1 saturated heterocycles. The highest BCUT2D eigenvalue weighted by Crippen LogP contribution is 2.44. The number of urea groups is 1. The first-order valence-electron chi connectivity index (χ1n) is 9.70. The van der Waals surface area contributed by atoms with Gasteiger partial charge in [0.05, 0.1) is 5.02 Å². The summed E-state index contributed by atoms with van der Waals surface area (Å²) in [4.78, 5) is 38.6. The summed E-state index contributed by atoms with van der Waals surface area (Å²) in [7, 11) is 0. The fourth-order valence-corrected chi connectivity index (χ4v) is 4.73. The number of rotatable bonds is 4. The molecule has 28 heavy (non-hydrogen) atoms. The summed E-state index contributed by atoms with van der Waals surface area (Å²) in [5.74, 6) is -0.900. The van der Waals surface area contributed by atoms with Gasteiger partial charge in [0.25, 0.3) is 5.91 Å². The highest BCUT2D eigenvalue weighted by Gasteiger charge is 2.55. The molecule has 2 aliphatic heterocycles. The fraction of sp³-hybridized carbons (Fsp3) is 0.550. The molecule has 1 saturated carbocycles. The van der Waals surface area contributed by atoms with Crippen LogP contribution in [-0.2, 0) is 16.0 Å². The summed E-state index contributed by atoms with van der Waals surface area (Å²) < 4.78 is 14.5. The summed E-state index contributed by atoms with van der Waals surface area (Å²) in [5, 5.41) is 5.15. The molecular weight excluding hydrogens is 385 g/mol. The maximum atomic E-state index is 14.5. The lowest BCUT2D eigenvalue weighted by atomic mass is 9.87. The second-order valence-corrected chi connectivity index (χ2v) is 8.49. The van der Waals surface area contributed by atoms with Crippen LogP contribution in [0.4, 0.5) is 9.18 Å². The predicted molar refractivity (Wildman–Crippen MR) is 101 cm³/mol. The molecule has 1 aromatic carbocycles. The highest BCUT2D eigenvalue weighted by molar-refractivity contribution is 6.30. The van der Waals surface area contributed by atoms with E-state index in [2.05, 4.69) is 10.6 Å². The Balaban J connectivity index is 1.45. The van der Waals surface area contributed by atoms with E-state index in [1.54, 1.807) is 11.0 Å². The van der Waals surface area contributed by atoms with Crippen molar-refractivity contribution in [2.45, 2.75) is 50.5 Å². The Morgan fingerprint density at radius 3 is 2.75 bits per heavy atom. The zero-order valence-corrected chi connectivity index (χ0v) is 16.4. The van der Waals surface area contributed by atoms with Crippen LogP contribution in [0.3, 0.4) is 0 Å². The average Bonchev–Trinajstić information content (AvgIpc) is 3.46. The topological polar surface area (TPSA) is 78.5 Å². The number of halogens is 2. The SMILES string of the molecule is CC1CN(C(=O)CCC2(C3CC3)NC(=O)NC2=O)CCc2ccc(Cl)c(F)c21. The maximum absolute atomic E-state index is 14.5. The minimum atomic E-state index is -0.965. The van der Waals surface area contributed by atoms with Crippen molar-refractivity contribution in [3.63, 3.8) is 0 Å². The lowest BCUT2D eigenvalue weighted by Gasteiger charge is -2.28. The van der Waals surface area contributed by atoms with Gasteiger partial charge < -0.3 is 10.2 Å². The maximum Gasteiger partial charge on any atom is 0.322 e. The smallest absolute Gasteiger partial charge is 0.322 e. The molecule has 2 atom stereocenters.